The van der Waals surface area contributed by atoms with Crippen LogP contribution in [0.3, 0.4) is 0 Å². The Morgan fingerprint density at radius 3 is 2.08 bits per heavy atom. The van der Waals surface area contributed by atoms with Gasteiger partial charge >= 0.3 is 12.0 Å². The Balaban J connectivity index is 1.23. The lowest BCUT2D eigenvalue weighted by Gasteiger charge is -2.26. The summed E-state index contributed by atoms with van der Waals surface area (Å²) in [6.07, 6.45) is 0. The van der Waals surface area contributed by atoms with E-state index in [0.29, 0.717) is 12.3 Å². The summed E-state index contributed by atoms with van der Waals surface area (Å²) in [5, 5.41) is 0. The highest BCUT2D eigenvalue weighted by atomic mass is 16.5. The van der Waals surface area contributed by atoms with Crippen LogP contribution < -0.4 is 4.74 Å². The molecular formula is C31H34N4O5. The van der Waals surface area contributed by atoms with Crippen LogP contribution in [0.5, 0.6) is 6.01 Å². The summed E-state index contributed by atoms with van der Waals surface area (Å²) in [4.78, 5) is 25.7. The van der Waals surface area contributed by atoms with Gasteiger partial charge in [-0.1, -0.05) is 36.1 Å². The molecule has 0 spiro atoms. The molecule has 2 saturated heterocycles. The number of hydrogen-bond donors (Lipinski definition) is 0. The Bertz CT molecular complexity index is 1320. The molecule has 2 fully saturated rings. The number of methoxy groups -OCH3 is 1. The molecule has 0 N–H and O–H groups in total. The van der Waals surface area contributed by atoms with Crippen LogP contribution in [0.2, 0.25) is 0 Å². The molecule has 5 rings (SSSR count). The SMILES string of the molecule is COC(=O)c1cc(-c2ccc(C#Cc3ccc(CN4CCOCC4)cc3)cc2)nc(OCCN2CCOCC2)n1. The van der Waals surface area contributed by atoms with Crippen molar-refractivity contribution in [2.75, 3.05) is 72.9 Å². The van der Waals surface area contributed by atoms with Crippen molar-refractivity contribution >= 4 is 5.97 Å². The highest BCUT2D eigenvalue weighted by Gasteiger charge is 2.16. The molecule has 9 heteroatoms. The molecule has 40 heavy (non-hydrogen) atoms. The van der Waals surface area contributed by atoms with Crippen LogP contribution in [0.4, 0.5) is 0 Å². The van der Waals surface area contributed by atoms with Crippen molar-refractivity contribution in [3.63, 3.8) is 0 Å². The standard InChI is InChI=1S/C31H34N4O5/c1-37-30(36)29-22-28(32-31(33-29)40-21-16-34-12-17-38-18-13-34)27-10-8-25(9-11-27)3-2-24-4-6-26(7-5-24)23-35-14-19-39-20-15-35/h4-11,22H,12-21,23H2,1H3. The lowest BCUT2D eigenvalue weighted by atomic mass is 10.1. The topological polar surface area (TPSA) is 86.2 Å². The average molecular weight is 543 g/mol. The number of benzene rings is 2. The molecule has 0 bridgehead atoms. The van der Waals surface area contributed by atoms with Gasteiger partial charge in [-0.2, -0.15) is 9.97 Å². The Morgan fingerprint density at radius 2 is 1.45 bits per heavy atom. The molecule has 9 nitrogen and oxygen atoms in total. The molecule has 1 aromatic heterocycles. The average Bonchev–Trinajstić information content (AvgIpc) is 3.01. The van der Waals surface area contributed by atoms with Gasteiger partial charge in [0.15, 0.2) is 5.69 Å². The van der Waals surface area contributed by atoms with Crippen LogP contribution >= 0.6 is 0 Å². The molecular weight excluding hydrogens is 508 g/mol. The summed E-state index contributed by atoms with van der Waals surface area (Å²) in [5.41, 5.74) is 4.67. The third kappa shape index (κ3) is 7.87. The Morgan fingerprint density at radius 1 is 0.850 bits per heavy atom. The molecule has 2 aliphatic rings. The van der Waals surface area contributed by atoms with Gasteiger partial charge in [-0.15, -0.1) is 0 Å². The quantitative estimate of drug-likeness (QED) is 0.315. The van der Waals surface area contributed by atoms with Crippen molar-refractivity contribution < 1.29 is 23.7 Å². The maximum atomic E-state index is 12.2. The first-order valence-corrected chi connectivity index (χ1v) is 13.6. The first-order chi connectivity index (χ1) is 19.7. The van der Waals surface area contributed by atoms with E-state index in [1.54, 1.807) is 6.07 Å². The van der Waals surface area contributed by atoms with E-state index in [2.05, 4.69) is 55.9 Å². The van der Waals surface area contributed by atoms with E-state index in [9.17, 15) is 4.79 Å². The van der Waals surface area contributed by atoms with E-state index >= 15 is 0 Å². The van der Waals surface area contributed by atoms with E-state index in [1.165, 1.54) is 12.7 Å². The van der Waals surface area contributed by atoms with Crippen molar-refractivity contribution in [1.82, 2.24) is 19.8 Å². The van der Waals surface area contributed by atoms with E-state index in [0.717, 1.165) is 82.4 Å². The van der Waals surface area contributed by atoms with Gasteiger partial charge in [-0.25, -0.2) is 4.79 Å². The third-order valence-electron chi connectivity index (χ3n) is 6.84. The zero-order chi connectivity index (χ0) is 27.6. The third-order valence-corrected chi connectivity index (χ3v) is 6.84. The molecule has 0 saturated carbocycles. The smallest absolute Gasteiger partial charge is 0.356 e. The van der Waals surface area contributed by atoms with Gasteiger partial charge in [0, 0.05) is 56.0 Å². The predicted molar refractivity (Wildman–Crippen MR) is 150 cm³/mol. The Labute approximate surface area is 235 Å². The monoisotopic (exact) mass is 542 g/mol. The summed E-state index contributed by atoms with van der Waals surface area (Å²) in [6, 6.07) is 17.9. The first-order valence-electron chi connectivity index (χ1n) is 13.6. The number of nitrogens with zero attached hydrogens (tertiary/aromatic N) is 4. The molecule has 0 radical (unpaired) electrons. The van der Waals surface area contributed by atoms with Crippen LogP contribution in [-0.4, -0.2) is 98.6 Å². The van der Waals surface area contributed by atoms with Gasteiger partial charge in [0.25, 0.3) is 0 Å². The van der Waals surface area contributed by atoms with Crippen LogP contribution in [0.25, 0.3) is 11.3 Å². The van der Waals surface area contributed by atoms with Crippen molar-refractivity contribution in [2.45, 2.75) is 6.54 Å². The van der Waals surface area contributed by atoms with Crippen molar-refractivity contribution in [1.29, 1.82) is 0 Å². The van der Waals surface area contributed by atoms with Crippen LogP contribution in [0.15, 0.2) is 54.6 Å². The minimum Gasteiger partial charge on any atom is -0.464 e. The van der Waals surface area contributed by atoms with Crippen LogP contribution in [0.1, 0.15) is 27.2 Å². The van der Waals surface area contributed by atoms with Gasteiger partial charge in [0.2, 0.25) is 0 Å². The molecule has 0 unspecified atom stereocenters. The molecule has 2 aliphatic heterocycles. The highest BCUT2D eigenvalue weighted by molar-refractivity contribution is 5.88. The fourth-order valence-electron chi connectivity index (χ4n) is 4.52. The zero-order valence-electron chi connectivity index (χ0n) is 22.8. The molecule has 3 aromatic rings. The molecule has 0 atom stereocenters. The van der Waals surface area contributed by atoms with E-state index in [1.807, 2.05) is 24.3 Å². The van der Waals surface area contributed by atoms with Crippen molar-refractivity contribution in [3.05, 3.63) is 77.0 Å². The Hall–Kier alpha value is -3.81. The minimum atomic E-state index is -0.542. The number of ether oxygens (including phenoxy) is 4. The fraction of sp³-hybridized carbons (Fsp3) is 0.387. The number of morpholine rings is 2. The molecule has 2 aromatic carbocycles. The van der Waals surface area contributed by atoms with Gasteiger partial charge < -0.3 is 18.9 Å². The van der Waals surface area contributed by atoms with E-state index in [-0.39, 0.29) is 11.7 Å². The van der Waals surface area contributed by atoms with Crippen LogP contribution in [-0.2, 0) is 20.8 Å². The summed E-state index contributed by atoms with van der Waals surface area (Å²) in [5.74, 6) is 5.93. The van der Waals surface area contributed by atoms with Crippen molar-refractivity contribution in [2.24, 2.45) is 0 Å². The molecule has 0 aliphatic carbocycles. The van der Waals surface area contributed by atoms with E-state index in [4.69, 9.17) is 18.9 Å². The molecule has 0 amide bonds. The van der Waals surface area contributed by atoms with Crippen molar-refractivity contribution in [3.8, 4) is 29.1 Å². The summed E-state index contributed by atoms with van der Waals surface area (Å²) in [7, 11) is 1.33. The van der Waals surface area contributed by atoms with Gasteiger partial charge in [0.1, 0.15) is 6.61 Å². The normalized spacial score (nSPS) is 16.1. The first kappa shape index (κ1) is 27.7. The number of esters is 1. The minimum absolute atomic E-state index is 0.145. The largest absolute Gasteiger partial charge is 0.464 e. The predicted octanol–water partition coefficient (Wildman–Crippen LogP) is 2.87. The zero-order valence-corrected chi connectivity index (χ0v) is 22.8. The Kier molecular flexibility index (Phi) is 9.72. The molecule has 208 valence electrons. The second-order valence-corrected chi connectivity index (χ2v) is 9.63. The molecule has 3 heterocycles. The second-order valence-electron chi connectivity index (χ2n) is 9.63. The second kappa shape index (κ2) is 14.0. The van der Waals surface area contributed by atoms with Gasteiger partial charge in [-0.3, -0.25) is 9.80 Å². The van der Waals surface area contributed by atoms with Gasteiger partial charge in [-0.05, 0) is 35.9 Å². The lowest BCUT2D eigenvalue weighted by Crippen LogP contribution is -2.38. The maximum Gasteiger partial charge on any atom is 0.356 e. The summed E-state index contributed by atoms with van der Waals surface area (Å²) < 4.78 is 21.5. The summed E-state index contributed by atoms with van der Waals surface area (Å²) >= 11 is 0. The number of carbonyl (C=O) groups is 1. The number of hydrogen-bond acceptors (Lipinski definition) is 9. The lowest BCUT2D eigenvalue weighted by molar-refractivity contribution is 0.0316. The van der Waals surface area contributed by atoms with E-state index < -0.39 is 5.97 Å². The number of rotatable bonds is 8. The fourth-order valence-corrected chi connectivity index (χ4v) is 4.52. The number of carbonyl (C=O) groups excluding carboxylic acids is 1. The van der Waals surface area contributed by atoms with Crippen LogP contribution in [0, 0.1) is 11.8 Å². The number of aromatic nitrogens is 2. The van der Waals surface area contributed by atoms with Gasteiger partial charge in [0.05, 0.1) is 39.2 Å². The maximum absolute atomic E-state index is 12.2. The summed E-state index contributed by atoms with van der Waals surface area (Å²) in [6.45, 7) is 8.80. The highest BCUT2D eigenvalue weighted by Crippen LogP contribution is 2.21.